The lowest BCUT2D eigenvalue weighted by molar-refractivity contribution is 0.0461. The van der Waals surface area contributed by atoms with Crippen molar-refractivity contribution >= 4 is 17.6 Å². The van der Waals surface area contributed by atoms with Crippen LogP contribution in [0.4, 0.5) is 0 Å². The van der Waals surface area contributed by atoms with E-state index in [0.717, 1.165) is 11.4 Å². The first-order valence-electron chi connectivity index (χ1n) is 9.58. The highest BCUT2D eigenvalue weighted by atomic mass is 35.5. The number of aromatic nitrogens is 4. The summed E-state index contributed by atoms with van der Waals surface area (Å²) in [5.41, 5.74) is 2.53. The van der Waals surface area contributed by atoms with E-state index < -0.39 is 11.4 Å². The first-order chi connectivity index (χ1) is 15.0. The van der Waals surface area contributed by atoms with Crippen molar-refractivity contribution < 1.29 is 9.53 Å². The summed E-state index contributed by atoms with van der Waals surface area (Å²) >= 11 is 6.48. The molecule has 31 heavy (non-hydrogen) atoms. The SMILES string of the molecule is Cc1nn(-c2ccccc2)c(Cl)c1COC(=O)c1nn(-c2ccccc2)c(C)cc1=O. The number of ether oxygens (including phenoxy) is 1. The number of carbonyl (C=O) groups is 1. The van der Waals surface area contributed by atoms with Crippen LogP contribution in [0.15, 0.2) is 71.5 Å². The standard InChI is InChI=1S/C23H19ClN4O3/c1-15-13-20(29)21(26-27(15)17-9-5-3-6-10-17)23(30)31-14-19-16(2)25-28(22(19)24)18-11-7-4-8-12-18/h3-13H,14H2,1-2H3. The number of benzene rings is 2. The average molecular weight is 435 g/mol. The van der Waals surface area contributed by atoms with Gasteiger partial charge in [-0.1, -0.05) is 48.0 Å². The normalized spacial score (nSPS) is 10.8. The first-order valence-corrected chi connectivity index (χ1v) is 9.96. The number of halogens is 1. The van der Waals surface area contributed by atoms with Crippen LogP contribution in [0.2, 0.25) is 5.15 Å². The minimum absolute atomic E-state index is 0.128. The number of aryl methyl sites for hydroxylation is 2. The van der Waals surface area contributed by atoms with Gasteiger partial charge in [0.1, 0.15) is 11.8 Å². The van der Waals surface area contributed by atoms with Gasteiger partial charge in [-0.05, 0) is 38.1 Å². The van der Waals surface area contributed by atoms with Crippen LogP contribution in [0.3, 0.4) is 0 Å². The molecule has 0 fully saturated rings. The summed E-state index contributed by atoms with van der Waals surface area (Å²) in [6, 6.07) is 20.0. The molecule has 0 aliphatic rings. The van der Waals surface area contributed by atoms with E-state index in [9.17, 15) is 9.59 Å². The van der Waals surface area contributed by atoms with Crippen molar-refractivity contribution in [3.8, 4) is 11.4 Å². The molecule has 0 unspecified atom stereocenters. The summed E-state index contributed by atoms with van der Waals surface area (Å²) in [5.74, 6) is -0.822. The summed E-state index contributed by atoms with van der Waals surface area (Å²) in [6.45, 7) is 3.40. The molecule has 0 spiro atoms. The van der Waals surface area contributed by atoms with E-state index in [4.69, 9.17) is 16.3 Å². The summed E-state index contributed by atoms with van der Waals surface area (Å²) in [7, 11) is 0. The first kappa shape index (κ1) is 20.6. The van der Waals surface area contributed by atoms with Gasteiger partial charge in [-0.25, -0.2) is 14.2 Å². The molecule has 0 amide bonds. The van der Waals surface area contributed by atoms with Crippen molar-refractivity contribution in [3.63, 3.8) is 0 Å². The van der Waals surface area contributed by atoms with Crippen molar-refractivity contribution in [1.29, 1.82) is 0 Å². The Bertz CT molecular complexity index is 1300. The topological polar surface area (TPSA) is 79.0 Å². The van der Waals surface area contributed by atoms with Crippen molar-refractivity contribution in [2.24, 2.45) is 0 Å². The highest BCUT2D eigenvalue weighted by molar-refractivity contribution is 6.30. The summed E-state index contributed by atoms with van der Waals surface area (Å²) < 4.78 is 8.49. The van der Waals surface area contributed by atoms with Gasteiger partial charge in [0.05, 0.1) is 17.1 Å². The van der Waals surface area contributed by atoms with E-state index in [1.165, 1.54) is 10.7 Å². The van der Waals surface area contributed by atoms with Crippen LogP contribution in [0.1, 0.15) is 27.4 Å². The van der Waals surface area contributed by atoms with Crippen molar-refractivity contribution in [3.05, 3.63) is 105 Å². The zero-order valence-electron chi connectivity index (χ0n) is 16.9. The Kier molecular flexibility index (Phi) is 5.68. The second-order valence-corrected chi connectivity index (χ2v) is 7.28. The molecule has 0 N–H and O–H groups in total. The van der Waals surface area contributed by atoms with Crippen LogP contribution in [-0.4, -0.2) is 25.5 Å². The molecule has 0 atom stereocenters. The molecule has 2 aromatic heterocycles. The third-order valence-corrected chi connectivity index (χ3v) is 5.16. The van der Waals surface area contributed by atoms with Gasteiger partial charge < -0.3 is 4.74 Å². The number of carbonyl (C=O) groups excluding carboxylic acids is 1. The maximum Gasteiger partial charge on any atom is 0.363 e. The molecule has 0 aliphatic heterocycles. The quantitative estimate of drug-likeness (QED) is 0.443. The Morgan fingerprint density at radius 3 is 2.13 bits per heavy atom. The van der Waals surface area contributed by atoms with Gasteiger partial charge in [0.15, 0.2) is 0 Å². The third kappa shape index (κ3) is 4.13. The number of rotatable bonds is 5. The molecule has 7 nitrogen and oxygen atoms in total. The van der Waals surface area contributed by atoms with Gasteiger partial charge >= 0.3 is 5.97 Å². The fourth-order valence-corrected chi connectivity index (χ4v) is 3.49. The monoisotopic (exact) mass is 434 g/mol. The van der Waals surface area contributed by atoms with Crippen LogP contribution in [0.5, 0.6) is 0 Å². The summed E-state index contributed by atoms with van der Waals surface area (Å²) in [4.78, 5) is 25.0. The molecule has 0 saturated carbocycles. The van der Waals surface area contributed by atoms with Crippen molar-refractivity contribution in [1.82, 2.24) is 19.6 Å². The maximum absolute atomic E-state index is 12.7. The van der Waals surface area contributed by atoms with Gasteiger partial charge in [0.25, 0.3) is 0 Å². The average Bonchev–Trinajstić information content (AvgIpc) is 3.06. The number of hydrogen-bond donors (Lipinski definition) is 0. The molecule has 4 aromatic rings. The maximum atomic E-state index is 12.7. The Balaban J connectivity index is 1.59. The van der Waals surface area contributed by atoms with Crippen molar-refractivity contribution in [2.75, 3.05) is 0 Å². The van der Waals surface area contributed by atoms with Gasteiger partial charge in [-0.15, -0.1) is 0 Å². The lowest BCUT2D eigenvalue weighted by Crippen LogP contribution is -2.24. The molecule has 0 radical (unpaired) electrons. The number of esters is 1. The van der Waals surface area contributed by atoms with Gasteiger partial charge in [-0.3, -0.25) is 4.79 Å². The van der Waals surface area contributed by atoms with E-state index in [-0.39, 0.29) is 12.3 Å². The van der Waals surface area contributed by atoms with Crippen LogP contribution in [0.25, 0.3) is 11.4 Å². The molecule has 8 heteroatoms. The number of para-hydroxylation sites is 2. The smallest absolute Gasteiger partial charge is 0.363 e. The van der Waals surface area contributed by atoms with Crippen LogP contribution < -0.4 is 5.43 Å². The zero-order valence-corrected chi connectivity index (χ0v) is 17.7. The Morgan fingerprint density at radius 1 is 0.935 bits per heavy atom. The van der Waals surface area contributed by atoms with E-state index in [0.29, 0.717) is 22.1 Å². The highest BCUT2D eigenvalue weighted by Gasteiger charge is 2.20. The zero-order chi connectivity index (χ0) is 22.0. The molecule has 2 heterocycles. The molecule has 156 valence electrons. The third-order valence-electron chi connectivity index (χ3n) is 4.77. The van der Waals surface area contributed by atoms with E-state index in [2.05, 4.69) is 10.2 Å². The Labute approximate surface area is 183 Å². The summed E-state index contributed by atoms with van der Waals surface area (Å²) in [6.07, 6.45) is 0. The predicted molar refractivity (Wildman–Crippen MR) is 117 cm³/mol. The fourth-order valence-electron chi connectivity index (χ4n) is 3.16. The van der Waals surface area contributed by atoms with Crippen LogP contribution in [-0.2, 0) is 11.3 Å². The molecule has 0 saturated heterocycles. The predicted octanol–water partition coefficient (Wildman–Crippen LogP) is 4.05. The Morgan fingerprint density at radius 2 is 1.52 bits per heavy atom. The minimum atomic E-state index is -0.822. The van der Waals surface area contributed by atoms with Crippen LogP contribution in [0, 0.1) is 13.8 Å². The van der Waals surface area contributed by atoms with E-state index in [1.54, 1.807) is 18.5 Å². The minimum Gasteiger partial charge on any atom is -0.456 e. The number of nitrogens with zero attached hydrogens (tertiary/aromatic N) is 4. The molecular formula is C23H19ClN4O3. The highest BCUT2D eigenvalue weighted by Crippen LogP contribution is 2.24. The molecular weight excluding hydrogens is 416 g/mol. The van der Waals surface area contributed by atoms with Crippen LogP contribution >= 0.6 is 11.6 Å². The fraction of sp³-hybridized carbons (Fsp3) is 0.130. The second kappa shape index (κ2) is 8.57. The van der Waals surface area contributed by atoms with Gasteiger partial charge in [0, 0.05) is 17.3 Å². The molecule has 0 bridgehead atoms. The number of hydrogen-bond acceptors (Lipinski definition) is 5. The molecule has 2 aromatic carbocycles. The van der Waals surface area contributed by atoms with Gasteiger partial charge in [-0.2, -0.15) is 10.2 Å². The lowest BCUT2D eigenvalue weighted by atomic mass is 10.2. The second-order valence-electron chi connectivity index (χ2n) is 6.92. The lowest BCUT2D eigenvalue weighted by Gasteiger charge is -2.11. The van der Waals surface area contributed by atoms with Gasteiger partial charge in [0.2, 0.25) is 11.1 Å². The molecule has 4 rings (SSSR count). The van der Waals surface area contributed by atoms with E-state index >= 15 is 0 Å². The van der Waals surface area contributed by atoms with E-state index in [1.807, 2.05) is 60.7 Å². The Hall–Kier alpha value is -3.71. The molecule has 0 aliphatic carbocycles. The summed E-state index contributed by atoms with van der Waals surface area (Å²) in [5, 5.41) is 9.00. The largest absolute Gasteiger partial charge is 0.456 e. The van der Waals surface area contributed by atoms with Crippen molar-refractivity contribution in [2.45, 2.75) is 20.5 Å².